The summed E-state index contributed by atoms with van der Waals surface area (Å²) in [5.41, 5.74) is 0.648. The highest BCUT2D eigenvalue weighted by atomic mass is 32.2. The van der Waals surface area contributed by atoms with E-state index in [0.29, 0.717) is 35.6 Å². The lowest BCUT2D eigenvalue weighted by Gasteiger charge is -2.11. The lowest BCUT2D eigenvalue weighted by atomic mass is 10.3. The van der Waals surface area contributed by atoms with Crippen molar-refractivity contribution in [2.75, 3.05) is 17.7 Å². The predicted octanol–water partition coefficient (Wildman–Crippen LogP) is 4.17. The molecule has 156 valence electrons. The van der Waals surface area contributed by atoms with Gasteiger partial charge in [-0.25, -0.2) is 0 Å². The normalized spacial score (nSPS) is 10.4. The van der Waals surface area contributed by atoms with Crippen molar-refractivity contribution < 1.29 is 14.3 Å². The Bertz CT molecular complexity index is 976. The topological polar surface area (TPSA) is 78.3 Å². The molecule has 1 heterocycles. The van der Waals surface area contributed by atoms with Crippen molar-refractivity contribution in [3.63, 3.8) is 0 Å². The van der Waals surface area contributed by atoms with Gasteiger partial charge >= 0.3 is 0 Å². The highest BCUT2D eigenvalue weighted by Crippen LogP contribution is 2.25. The highest BCUT2D eigenvalue weighted by Gasteiger charge is 2.15. The summed E-state index contributed by atoms with van der Waals surface area (Å²) in [7, 11) is 0. The van der Waals surface area contributed by atoms with Crippen molar-refractivity contribution in [1.82, 2.24) is 14.8 Å². The number of allylic oxidation sites excluding steroid dienone is 1. The molecule has 0 atom stereocenters. The Hall–Kier alpha value is -3.26. The molecule has 0 saturated heterocycles. The van der Waals surface area contributed by atoms with Gasteiger partial charge in [-0.15, -0.1) is 16.8 Å². The molecule has 0 spiro atoms. The van der Waals surface area contributed by atoms with E-state index in [1.54, 1.807) is 6.08 Å². The van der Waals surface area contributed by atoms with Crippen LogP contribution in [0.1, 0.15) is 12.7 Å². The van der Waals surface area contributed by atoms with E-state index in [2.05, 4.69) is 22.1 Å². The highest BCUT2D eigenvalue weighted by molar-refractivity contribution is 7.99. The van der Waals surface area contributed by atoms with Crippen molar-refractivity contribution in [1.29, 1.82) is 0 Å². The lowest BCUT2D eigenvalue weighted by Crippen LogP contribution is -2.15. The fourth-order valence-electron chi connectivity index (χ4n) is 2.68. The van der Waals surface area contributed by atoms with Gasteiger partial charge in [0.2, 0.25) is 5.91 Å². The van der Waals surface area contributed by atoms with Crippen LogP contribution in [-0.4, -0.2) is 33.0 Å². The van der Waals surface area contributed by atoms with E-state index < -0.39 is 0 Å². The van der Waals surface area contributed by atoms with Gasteiger partial charge in [0.15, 0.2) is 11.0 Å². The first-order valence-electron chi connectivity index (χ1n) is 9.56. The summed E-state index contributed by atoms with van der Waals surface area (Å²) in [4.78, 5) is 12.4. The molecule has 3 rings (SSSR count). The standard InChI is InChI=1S/C22H24N4O3S/c1-3-14-26-20(15-29-17-10-6-5-7-11-17)24-25-22(26)30-16-21(27)23-18-12-8-9-13-19(18)28-4-2/h3,5-13H,1,4,14-16H2,2H3,(H,23,27). The Balaban J connectivity index is 1.61. The van der Waals surface area contributed by atoms with Gasteiger partial charge in [-0.1, -0.05) is 48.2 Å². The Morgan fingerprint density at radius 1 is 1.13 bits per heavy atom. The maximum absolute atomic E-state index is 12.4. The number of carbonyl (C=O) groups excluding carboxylic acids is 1. The molecular weight excluding hydrogens is 400 g/mol. The van der Waals surface area contributed by atoms with E-state index in [4.69, 9.17) is 9.47 Å². The largest absolute Gasteiger partial charge is 0.492 e. The minimum absolute atomic E-state index is 0.151. The number of amides is 1. The van der Waals surface area contributed by atoms with Crippen molar-refractivity contribution in [3.8, 4) is 11.5 Å². The van der Waals surface area contributed by atoms with Crippen LogP contribution in [0.5, 0.6) is 11.5 Å². The van der Waals surface area contributed by atoms with E-state index in [9.17, 15) is 4.79 Å². The molecule has 0 aliphatic rings. The van der Waals surface area contributed by atoms with Crippen LogP contribution in [0, 0.1) is 0 Å². The van der Waals surface area contributed by atoms with Crippen LogP contribution in [0.25, 0.3) is 0 Å². The van der Waals surface area contributed by atoms with Crippen LogP contribution in [0.4, 0.5) is 5.69 Å². The Morgan fingerprint density at radius 2 is 1.90 bits per heavy atom. The number of rotatable bonds is 11. The first-order valence-corrected chi connectivity index (χ1v) is 10.5. The number of thioether (sulfide) groups is 1. The van der Waals surface area contributed by atoms with Gasteiger partial charge < -0.3 is 14.8 Å². The molecule has 1 aromatic heterocycles. The van der Waals surface area contributed by atoms with Crippen LogP contribution in [0.15, 0.2) is 72.4 Å². The van der Waals surface area contributed by atoms with Gasteiger partial charge in [-0.2, -0.15) is 0 Å². The maximum Gasteiger partial charge on any atom is 0.234 e. The van der Waals surface area contributed by atoms with Gasteiger partial charge in [0.05, 0.1) is 18.0 Å². The average Bonchev–Trinajstić information content (AvgIpc) is 3.15. The number of aromatic nitrogens is 3. The van der Waals surface area contributed by atoms with Crippen LogP contribution in [-0.2, 0) is 17.9 Å². The minimum atomic E-state index is -0.151. The van der Waals surface area contributed by atoms with Gasteiger partial charge in [0.1, 0.15) is 18.1 Å². The first-order chi connectivity index (χ1) is 14.7. The lowest BCUT2D eigenvalue weighted by molar-refractivity contribution is -0.113. The van der Waals surface area contributed by atoms with Crippen LogP contribution >= 0.6 is 11.8 Å². The Kier molecular flexibility index (Phi) is 7.91. The van der Waals surface area contributed by atoms with Crippen molar-refractivity contribution in [2.45, 2.75) is 25.2 Å². The molecule has 0 bridgehead atoms. The van der Waals surface area contributed by atoms with E-state index in [-0.39, 0.29) is 18.3 Å². The first kappa shape index (κ1) is 21.4. The summed E-state index contributed by atoms with van der Waals surface area (Å²) in [6.07, 6.45) is 1.76. The molecule has 1 amide bonds. The van der Waals surface area contributed by atoms with Crippen LogP contribution in [0.3, 0.4) is 0 Å². The third-order valence-electron chi connectivity index (χ3n) is 4.01. The molecule has 30 heavy (non-hydrogen) atoms. The van der Waals surface area contributed by atoms with Crippen LogP contribution in [0.2, 0.25) is 0 Å². The van der Waals surface area contributed by atoms with E-state index in [1.165, 1.54) is 11.8 Å². The molecule has 8 heteroatoms. The maximum atomic E-state index is 12.4. The SMILES string of the molecule is C=CCn1c(COc2ccccc2)nnc1SCC(=O)Nc1ccccc1OCC. The summed E-state index contributed by atoms with van der Waals surface area (Å²) in [6.45, 7) is 7.03. The molecule has 0 radical (unpaired) electrons. The molecule has 3 aromatic rings. The third kappa shape index (κ3) is 5.87. The number of nitrogens with one attached hydrogen (secondary N) is 1. The van der Waals surface area contributed by atoms with E-state index in [0.717, 1.165) is 5.75 Å². The number of carbonyl (C=O) groups is 1. The smallest absolute Gasteiger partial charge is 0.234 e. The zero-order valence-electron chi connectivity index (χ0n) is 16.8. The quantitative estimate of drug-likeness (QED) is 0.368. The number of benzene rings is 2. The molecular formula is C22H24N4O3S. The molecule has 0 aliphatic heterocycles. The Morgan fingerprint density at radius 3 is 2.67 bits per heavy atom. The number of hydrogen-bond acceptors (Lipinski definition) is 6. The van der Waals surface area contributed by atoms with Gasteiger partial charge in [0, 0.05) is 6.54 Å². The summed E-state index contributed by atoms with van der Waals surface area (Å²) in [5.74, 6) is 2.11. The number of hydrogen-bond donors (Lipinski definition) is 1. The number of nitrogens with zero attached hydrogens (tertiary/aromatic N) is 3. The molecule has 2 aromatic carbocycles. The molecule has 0 fully saturated rings. The second-order valence-corrected chi connectivity index (χ2v) is 7.11. The van der Waals surface area contributed by atoms with E-state index in [1.807, 2.05) is 66.1 Å². The molecule has 0 unspecified atom stereocenters. The monoisotopic (exact) mass is 424 g/mol. The second-order valence-electron chi connectivity index (χ2n) is 6.17. The Labute approximate surface area is 180 Å². The number of para-hydroxylation sites is 3. The van der Waals surface area contributed by atoms with Crippen molar-refractivity contribution in [3.05, 3.63) is 73.1 Å². The molecule has 0 saturated carbocycles. The summed E-state index contributed by atoms with van der Waals surface area (Å²) >= 11 is 1.31. The third-order valence-corrected chi connectivity index (χ3v) is 4.98. The average molecular weight is 425 g/mol. The van der Waals surface area contributed by atoms with Gasteiger partial charge in [-0.3, -0.25) is 9.36 Å². The van der Waals surface area contributed by atoms with Crippen LogP contribution < -0.4 is 14.8 Å². The van der Waals surface area contributed by atoms with E-state index >= 15 is 0 Å². The summed E-state index contributed by atoms with van der Waals surface area (Å²) in [6, 6.07) is 16.9. The number of ether oxygens (including phenoxy) is 2. The van der Waals surface area contributed by atoms with Gasteiger partial charge in [-0.05, 0) is 31.2 Å². The van der Waals surface area contributed by atoms with Crippen molar-refractivity contribution in [2.24, 2.45) is 0 Å². The predicted molar refractivity (Wildman–Crippen MR) is 118 cm³/mol. The fourth-order valence-corrected chi connectivity index (χ4v) is 3.44. The van der Waals surface area contributed by atoms with Crippen molar-refractivity contribution >= 4 is 23.4 Å². The molecule has 7 nitrogen and oxygen atoms in total. The molecule has 1 N–H and O–H groups in total. The second kappa shape index (κ2) is 11.1. The van der Waals surface area contributed by atoms with Gasteiger partial charge in [0.25, 0.3) is 0 Å². The summed E-state index contributed by atoms with van der Waals surface area (Å²) in [5, 5.41) is 12.0. The zero-order valence-corrected chi connectivity index (χ0v) is 17.6. The zero-order chi connectivity index (χ0) is 21.2. The number of anilines is 1. The minimum Gasteiger partial charge on any atom is -0.492 e. The fraction of sp³-hybridized carbons (Fsp3) is 0.227. The summed E-state index contributed by atoms with van der Waals surface area (Å²) < 4.78 is 13.2. The molecule has 0 aliphatic carbocycles.